The standard InChI is InChI=1S/C72H53N3/c1-71(2)62-26-15-12-24-56(62)70-63(71)27-17-29-68(70)73(51-35-30-47(31-36-51)46-18-7-5-8-19-46)52-37-32-48(33-38-52)49-34-40-66-58(42-49)60-44-57-54-22-11-14-25-61(54)72(3,4)64(57)45-69(60)75(66)53-39-41-67-59(43-53)55-23-13-16-28-65(55)74(67)50-20-9-6-10-21-50/h5-45H,1-4H3. The molecular weight excluding hydrogens is 907 g/mol. The average molecular weight is 960 g/mol. The van der Waals surface area contributed by atoms with Crippen LogP contribution < -0.4 is 4.90 Å². The lowest BCUT2D eigenvalue weighted by molar-refractivity contribution is 0.660. The van der Waals surface area contributed by atoms with E-state index in [0.717, 1.165) is 22.7 Å². The van der Waals surface area contributed by atoms with Crippen LogP contribution in [0.3, 0.4) is 0 Å². The Morgan fingerprint density at radius 3 is 1.53 bits per heavy atom. The van der Waals surface area contributed by atoms with Gasteiger partial charge in [0.2, 0.25) is 0 Å². The Morgan fingerprint density at radius 2 is 0.800 bits per heavy atom. The van der Waals surface area contributed by atoms with Crippen molar-refractivity contribution in [2.24, 2.45) is 0 Å². The molecule has 11 aromatic carbocycles. The summed E-state index contributed by atoms with van der Waals surface area (Å²) in [7, 11) is 0. The van der Waals surface area contributed by atoms with E-state index in [1.807, 2.05) is 0 Å². The van der Waals surface area contributed by atoms with Crippen molar-refractivity contribution in [2.45, 2.75) is 38.5 Å². The zero-order valence-corrected chi connectivity index (χ0v) is 42.5. The van der Waals surface area contributed by atoms with Gasteiger partial charge in [-0.3, -0.25) is 0 Å². The summed E-state index contributed by atoms with van der Waals surface area (Å²) in [6.45, 7) is 9.49. The molecule has 0 aliphatic heterocycles. The second kappa shape index (κ2) is 16.2. The van der Waals surface area contributed by atoms with E-state index >= 15 is 0 Å². The van der Waals surface area contributed by atoms with Gasteiger partial charge in [0, 0.05) is 60.7 Å². The van der Waals surface area contributed by atoms with Gasteiger partial charge >= 0.3 is 0 Å². The van der Waals surface area contributed by atoms with Crippen molar-refractivity contribution in [2.75, 3.05) is 4.90 Å². The number of para-hydroxylation sites is 2. The second-order valence-corrected chi connectivity index (χ2v) is 21.7. The summed E-state index contributed by atoms with van der Waals surface area (Å²) in [5.74, 6) is 0. The molecule has 2 aliphatic carbocycles. The molecule has 356 valence electrons. The highest BCUT2D eigenvalue weighted by Crippen LogP contribution is 2.55. The Kier molecular flexibility index (Phi) is 9.35. The first kappa shape index (κ1) is 43.4. The fourth-order valence-electron chi connectivity index (χ4n) is 13.2. The Labute approximate surface area is 437 Å². The molecule has 0 atom stereocenters. The van der Waals surface area contributed by atoms with Gasteiger partial charge in [0.05, 0.1) is 27.8 Å². The SMILES string of the molecule is CC1(C)c2ccccc2-c2cc3c4cc(-c5ccc(N(c6ccc(-c7ccccc7)cc6)c6cccc7c6-c6ccccc6C7(C)C)cc5)ccc4n(-c4ccc5c(c4)c4ccccc4n5-c4ccccc4)c3cc21. The lowest BCUT2D eigenvalue weighted by atomic mass is 9.82. The predicted octanol–water partition coefficient (Wildman–Crippen LogP) is 19.3. The van der Waals surface area contributed by atoms with Crippen LogP contribution in [-0.2, 0) is 10.8 Å². The fourth-order valence-corrected chi connectivity index (χ4v) is 13.2. The minimum Gasteiger partial charge on any atom is -0.310 e. The molecule has 2 aromatic heterocycles. The second-order valence-electron chi connectivity index (χ2n) is 21.7. The van der Waals surface area contributed by atoms with Crippen LogP contribution in [0, 0.1) is 0 Å². The van der Waals surface area contributed by atoms with Gasteiger partial charge in [-0.1, -0.05) is 185 Å². The number of nitrogens with zero attached hydrogens (tertiary/aromatic N) is 3. The third kappa shape index (κ3) is 6.41. The topological polar surface area (TPSA) is 13.1 Å². The smallest absolute Gasteiger partial charge is 0.0544 e. The summed E-state index contributed by atoms with van der Waals surface area (Å²) in [6.07, 6.45) is 0. The monoisotopic (exact) mass is 959 g/mol. The highest BCUT2D eigenvalue weighted by Gasteiger charge is 2.38. The van der Waals surface area contributed by atoms with Crippen LogP contribution in [0.25, 0.3) is 99.5 Å². The van der Waals surface area contributed by atoms with E-state index < -0.39 is 0 Å². The van der Waals surface area contributed by atoms with E-state index in [1.165, 1.54) is 116 Å². The molecule has 0 bridgehead atoms. The lowest BCUT2D eigenvalue weighted by Crippen LogP contribution is -2.16. The maximum absolute atomic E-state index is 2.52. The normalized spacial score (nSPS) is 13.8. The van der Waals surface area contributed by atoms with Crippen LogP contribution in [0.4, 0.5) is 17.1 Å². The van der Waals surface area contributed by atoms with E-state index in [9.17, 15) is 0 Å². The molecule has 0 fully saturated rings. The van der Waals surface area contributed by atoms with Crippen molar-refractivity contribution in [3.05, 3.63) is 271 Å². The first-order valence-electron chi connectivity index (χ1n) is 26.3. The maximum Gasteiger partial charge on any atom is 0.0544 e. The Morgan fingerprint density at radius 1 is 0.293 bits per heavy atom. The van der Waals surface area contributed by atoms with Gasteiger partial charge in [0.25, 0.3) is 0 Å². The van der Waals surface area contributed by atoms with Gasteiger partial charge in [0.1, 0.15) is 0 Å². The molecule has 0 spiro atoms. The molecule has 2 aliphatic rings. The minimum absolute atomic E-state index is 0.119. The highest BCUT2D eigenvalue weighted by molar-refractivity contribution is 6.14. The van der Waals surface area contributed by atoms with E-state index in [2.05, 4.69) is 290 Å². The van der Waals surface area contributed by atoms with Crippen LogP contribution in [-0.4, -0.2) is 9.13 Å². The summed E-state index contributed by atoms with van der Waals surface area (Å²) in [5.41, 5.74) is 25.8. The zero-order chi connectivity index (χ0) is 50.2. The summed E-state index contributed by atoms with van der Waals surface area (Å²) < 4.78 is 4.92. The van der Waals surface area contributed by atoms with Gasteiger partial charge in [-0.05, 0) is 152 Å². The van der Waals surface area contributed by atoms with Gasteiger partial charge < -0.3 is 14.0 Å². The van der Waals surface area contributed by atoms with Crippen LogP contribution >= 0.6 is 0 Å². The van der Waals surface area contributed by atoms with Crippen molar-refractivity contribution in [1.29, 1.82) is 0 Å². The van der Waals surface area contributed by atoms with Gasteiger partial charge in [-0.25, -0.2) is 0 Å². The molecule has 13 aromatic rings. The molecule has 0 saturated heterocycles. The molecule has 15 rings (SSSR count). The molecule has 0 saturated carbocycles. The first-order valence-corrected chi connectivity index (χ1v) is 26.3. The predicted molar refractivity (Wildman–Crippen MR) is 316 cm³/mol. The molecule has 0 unspecified atom stereocenters. The molecule has 3 nitrogen and oxygen atoms in total. The van der Waals surface area contributed by atoms with E-state index in [4.69, 9.17) is 0 Å². The lowest BCUT2D eigenvalue weighted by Gasteiger charge is -2.29. The summed E-state index contributed by atoms with van der Waals surface area (Å²) in [5, 5.41) is 4.98. The van der Waals surface area contributed by atoms with Gasteiger partial charge in [-0.2, -0.15) is 0 Å². The van der Waals surface area contributed by atoms with Crippen LogP contribution in [0.15, 0.2) is 249 Å². The molecule has 3 heteroatoms. The number of rotatable bonds is 7. The third-order valence-electron chi connectivity index (χ3n) is 16.9. The molecule has 75 heavy (non-hydrogen) atoms. The Hall–Kier alpha value is -9.18. The number of fused-ring (bicyclic) bond motifs is 12. The number of anilines is 3. The fraction of sp³-hybridized carbons (Fsp3) is 0.0833. The summed E-state index contributed by atoms with van der Waals surface area (Å²) in [6, 6.07) is 92.5. The van der Waals surface area contributed by atoms with Crippen molar-refractivity contribution >= 4 is 60.7 Å². The van der Waals surface area contributed by atoms with Crippen molar-refractivity contribution in [3.8, 4) is 55.9 Å². The minimum atomic E-state index is -0.140. The molecular formula is C72H53N3. The van der Waals surface area contributed by atoms with Crippen LogP contribution in [0.5, 0.6) is 0 Å². The number of hydrogen-bond donors (Lipinski definition) is 0. The third-order valence-corrected chi connectivity index (χ3v) is 16.9. The quantitative estimate of drug-likeness (QED) is 0.155. The van der Waals surface area contributed by atoms with Crippen molar-refractivity contribution in [3.63, 3.8) is 0 Å². The average Bonchev–Trinajstić information content (AvgIpc) is 4.12. The summed E-state index contributed by atoms with van der Waals surface area (Å²) in [4.78, 5) is 2.46. The van der Waals surface area contributed by atoms with E-state index in [-0.39, 0.29) is 10.8 Å². The number of aromatic nitrogens is 2. The molecule has 0 N–H and O–H groups in total. The van der Waals surface area contributed by atoms with E-state index in [0.29, 0.717) is 0 Å². The van der Waals surface area contributed by atoms with Gasteiger partial charge in [-0.15, -0.1) is 0 Å². The molecule has 2 heterocycles. The van der Waals surface area contributed by atoms with Crippen molar-refractivity contribution < 1.29 is 0 Å². The Bertz CT molecular complexity index is 4440. The van der Waals surface area contributed by atoms with Crippen LogP contribution in [0.1, 0.15) is 49.9 Å². The largest absolute Gasteiger partial charge is 0.310 e. The van der Waals surface area contributed by atoms with Gasteiger partial charge in [0.15, 0.2) is 0 Å². The number of hydrogen-bond acceptors (Lipinski definition) is 1. The van der Waals surface area contributed by atoms with E-state index in [1.54, 1.807) is 0 Å². The first-order chi connectivity index (χ1) is 36.7. The molecule has 0 amide bonds. The summed E-state index contributed by atoms with van der Waals surface area (Å²) >= 11 is 0. The Balaban J connectivity index is 0.897. The molecule has 0 radical (unpaired) electrons. The van der Waals surface area contributed by atoms with Crippen LogP contribution in [0.2, 0.25) is 0 Å². The highest BCUT2D eigenvalue weighted by atomic mass is 15.1. The number of benzene rings is 11. The zero-order valence-electron chi connectivity index (χ0n) is 42.5. The van der Waals surface area contributed by atoms with Crippen molar-refractivity contribution in [1.82, 2.24) is 9.13 Å². The maximum atomic E-state index is 2.52.